The molecule has 0 aliphatic rings. The highest BCUT2D eigenvalue weighted by Gasteiger charge is 2.14. The molecule has 4 nitrogen and oxygen atoms in total. The minimum Gasteiger partial charge on any atom is -0.292 e. The Bertz CT molecular complexity index is 695. The molecule has 0 radical (unpaired) electrons. The normalized spacial score (nSPS) is 10.5. The van der Waals surface area contributed by atoms with Crippen LogP contribution in [0.3, 0.4) is 0 Å². The van der Waals surface area contributed by atoms with Gasteiger partial charge in [0.05, 0.1) is 11.3 Å². The van der Waals surface area contributed by atoms with Crippen LogP contribution in [0, 0.1) is 18.6 Å². The Morgan fingerprint density at radius 2 is 2.00 bits per heavy atom. The quantitative estimate of drug-likeness (QED) is 0.793. The summed E-state index contributed by atoms with van der Waals surface area (Å²) in [6.45, 7) is 1.28. The monoisotopic (exact) mass is 264 g/mol. The van der Waals surface area contributed by atoms with Crippen LogP contribution < -0.4 is 5.56 Å². The second kappa shape index (κ2) is 5.09. The van der Waals surface area contributed by atoms with Crippen molar-refractivity contribution in [3.8, 4) is 0 Å². The van der Waals surface area contributed by atoms with E-state index in [2.05, 4.69) is 5.10 Å². The summed E-state index contributed by atoms with van der Waals surface area (Å²) < 4.78 is 27.1. The van der Waals surface area contributed by atoms with E-state index in [1.807, 2.05) is 0 Å². The van der Waals surface area contributed by atoms with Crippen molar-refractivity contribution in [2.75, 3.05) is 0 Å². The lowest BCUT2D eigenvalue weighted by atomic mass is 10.1. The van der Waals surface area contributed by atoms with Crippen molar-refractivity contribution in [3.63, 3.8) is 0 Å². The van der Waals surface area contributed by atoms with E-state index in [0.29, 0.717) is 11.8 Å². The second-order valence-electron chi connectivity index (χ2n) is 4.02. The van der Waals surface area contributed by atoms with Gasteiger partial charge in [-0.15, -0.1) is 0 Å². The number of halogens is 2. The standard InChI is InChI=1S/C13H10F2N2O2/c1-8-2-5-13(19)17(16-8)7-12(18)10-4-3-9(14)6-11(10)15/h2-6H,7H2,1H3. The molecule has 1 aromatic carbocycles. The first kappa shape index (κ1) is 13.1. The van der Waals surface area contributed by atoms with Crippen LogP contribution in [0.1, 0.15) is 16.1 Å². The van der Waals surface area contributed by atoms with Gasteiger partial charge in [-0.3, -0.25) is 9.59 Å². The molecule has 6 heteroatoms. The Kier molecular flexibility index (Phi) is 3.50. The van der Waals surface area contributed by atoms with E-state index in [-0.39, 0.29) is 12.1 Å². The highest BCUT2D eigenvalue weighted by Crippen LogP contribution is 2.10. The minimum absolute atomic E-state index is 0.267. The first-order valence-electron chi connectivity index (χ1n) is 5.50. The number of ketones is 1. The molecular weight excluding hydrogens is 254 g/mol. The summed E-state index contributed by atoms with van der Waals surface area (Å²) in [5.41, 5.74) is -0.162. The summed E-state index contributed by atoms with van der Waals surface area (Å²) >= 11 is 0. The summed E-state index contributed by atoms with van der Waals surface area (Å²) in [6.07, 6.45) is 0. The van der Waals surface area contributed by atoms with Crippen LogP contribution in [0.15, 0.2) is 35.1 Å². The summed E-state index contributed by atoms with van der Waals surface area (Å²) in [7, 11) is 0. The predicted molar refractivity (Wildman–Crippen MR) is 63.9 cm³/mol. The molecular formula is C13H10F2N2O2. The number of nitrogens with zero attached hydrogens (tertiary/aromatic N) is 2. The van der Waals surface area contributed by atoms with Gasteiger partial charge in [-0.25, -0.2) is 13.5 Å². The van der Waals surface area contributed by atoms with Crippen LogP contribution in [0.25, 0.3) is 0 Å². The molecule has 0 spiro atoms. The molecule has 19 heavy (non-hydrogen) atoms. The van der Waals surface area contributed by atoms with Crippen LogP contribution in [0.2, 0.25) is 0 Å². The number of Topliss-reactive ketones (excluding diaryl/α,β-unsaturated/α-hetero) is 1. The maximum absolute atomic E-state index is 13.4. The van der Waals surface area contributed by atoms with E-state index in [4.69, 9.17) is 0 Å². The molecule has 1 heterocycles. The Hall–Kier alpha value is -2.37. The van der Waals surface area contributed by atoms with Crippen molar-refractivity contribution < 1.29 is 13.6 Å². The number of rotatable bonds is 3. The molecule has 0 aliphatic heterocycles. The Morgan fingerprint density at radius 3 is 2.68 bits per heavy atom. The lowest BCUT2D eigenvalue weighted by Gasteiger charge is -2.05. The van der Waals surface area contributed by atoms with E-state index in [1.54, 1.807) is 6.92 Å². The molecule has 0 atom stereocenters. The molecule has 0 saturated heterocycles. The zero-order chi connectivity index (χ0) is 14.0. The molecule has 0 unspecified atom stereocenters. The highest BCUT2D eigenvalue weighted by molar-refractivity contribution is 5.96. The van der Waals surface area contributed by atoms with Gasteiger partial charge in [0.2, 0.25) is 0 Å². The Labute approximate surface area is 107 Å². The van der Waals surface area contributed by atoms with Crippen LogP contribution in [-0.4, -0.2) is 15.6 Å². The number of carbonyl (C=O) groups excluding carboxylic acids is 1. The molecule has 1 aromatic heterocycles. The molecule has 0 N–H and O–H groups in total. The maximum atomic E-state index is 13.4. The third-order valence-electron chi connectivity index (χ3n) is 2.52. The number of aryl methyl sites for hydroxylation is 1. The van der Waals surface area contributed by atoms with Crippen molar-refractivity contribution in [2.24, 2.45) is 0 Å². The molecule has 0 bridgehead atoms. The van der Waals surface area contributed by atoms with Crippen molar-refractivity contribution >= 4 is 5.78 Å². The molecule has 2 rings (SSSR count). The topological polar surface area (TPSA) is 52.0 Å². The zero-order valence-corrected chi connectivity index (χ0v) is 10.1. The van der Waals surface area contributed by atoms with Crippen molar-refractivity contribution in [1.82, 2.24) is 9.78 Å². The van der Waals surface area contributed by atoms with E-state index < -0.39 is 23.0 Å². The average molecular weight is 264 g/mol. The highest BCUT2D eigenvalue weighted by atomic mass is 19.1. The van der Waals surface area contributed by atoms with Crippen LogP contribution in [0.4, 0.5) is 8.78 Å². The number of hydrogen-bond acceptors (Lipinski definition) is 3. The van der Waals surface area contributed by atoms with Gasteiger partial charge in [0, 0.05) is 12.1 Å². The molecule has 0 amide bonds. The molecule has 0 saturated carbocycles. The van der Waals surface area contributed by atoms with Gasteiger partial charge >= 0.3 is 0 Å². The fraction of sp³-hybridized carbons (Fsp3) is 0.154. The predicted octanol–water partition coefficient (Wildman–Crippen LogP) is 1.71. The Morgan fingerprint density at radius 1 is 1.26 bits per heavy atom. The second-order valence-corrected chi connectivity index (χ2v) is 4.02. The number of benzene rings is 1. The van der Waals surface area contributed by atoms with E-state index >= 15 is 0 Å². The zero-order valence-electron chi connectivity index (χ0n) is 10.1. The van der Waals surface area contributed by atoms with Crippen LogP contribution in [0.5, 0.6) is 0 Å². The fourth-order valence-corrected chi connectivity index (χ4v) is 1.60. The maximum Gasteiger partial charge on any atom is 0.267 e. The van der Waals surface area contributed by atoms with Gasteiger partial charge < -0.3 is 0 Å². The average Bonchev–Trinajstić information content (AvgIpc) is 2.33. The summed E-state index contributed by atoms with van der Waals surface area (Å²) in [5.74, 6) is -2.36. The third kappa shape index (κ3) is 2.90. The van der Waals surface area contributed by atoms with E-state index in [0.717, 1.165) is 16.8 Å². The van der Waals surface area contributed by atoms with Gasteiger partial charge in [-0.2, -0.15) is 5.10 Å². The first-order valence-corrected chi connectivity index (χ1v) is 5.50. The largest absolute Gasteiger partial charge is 0.292 e. The van der Waals surface area contributed by atoms with Crippen molar-refractivity contribution in [2.45, 2.75) is 13.5 Å². The third-order valence-corrected chi connectivity index (χ3v) is 2.52. The summed E-state index contributed by atoms with van der Waals surface area (Å²) in [4.78, 5) is 23.3. The van der Waals surface area contributed by atoms with Crippen molar-refractivity contribution in [1.29, 1.82) is 0 Å². The van der Waals surface area contributed by atoms with Gasteiger partial charge in [0.15, 0.2) is 5.78 Å². The lowest BCUT2D eigenvalue weighted by Crippen LogP contribution is -2.26. The summed E-state index contributed by atoms with van der Waals surface area (Å²) in [6, 6.07) is 5.45. The first-order chi connectivity index (χ1) is 8.97. The fourth-order valence-electron chi connectivity index (χ4n) is 1.60. The van der Waals surface area contributed by atoms with Crippen LogP contribution >= 0.6 is 0 Å². The van der Waals surface area contributed by atoms with E-state index in [1.165, 1.54) is 12.1 Å². The lowest BCUT2D eigenvalue weighted by molar-refractivity contribution is 0.0961. The Balaban J connectivity index is 2.31. The van der Waals surface area contributed by atoms with E-state index in [9.17, 15) is 18.4 Å². The van der Waals surface area contributed by atoms with Gasteiger partial charge in [0.1, 0.15) is 18.2 Å². The van der Waals surface area contributed by atoms with Crippen LogP contribution in [-0.2, 0) is 6.54 Å². The molecule has 0 aliphatic carbocycles. The number of hydrogen-bond donors (Lipinski definition) is 0. The van der Waals surface area contributed by atoms with Gasteiger partial charge in [-0.1, -0.05) is 0 Å². The van der Waals surface area contributed by atoms with Gasteiger partial charge in [0.25, 0.3) is 5.56 Å². The molecule has 2 aromatic rings. The van der Waals surface area contributed by atoms with Crippen molar-refractivity contribution in [3.05, 3.63) is 63.6 Å². The minimum atomic E-state index is -0.953. The smallest absolute Gasteiger partial charge is 0.267 e. The van der Waals surface area contributed by atoms with Gasteiger partial charge in [-0.05, 0) is 25.1 Å². The summed E-state index contributed by atoms with van der Waals surface area (Å²) in [5, 5.41) is 3.87. The number of aromatic nitrogens is 2. The molecule has 98 valence electrons. The molecule has 0 fully saturated rings. The SMILES string of the molecule is Cc1ccc(=O)n(CC(=O)c2ccc(F)cc2F)n1. The number of carbonyl (C=O) groups is 1.